The highest BCUT2D eigenvalue weighted by Gasteiger charge is 2.13. The smallest absolute Gasteiger partial charge is 0.316 e. The van der Waals surface area contributed by atoms with E-state index >= 15 is 0 Å². The zero-order chi connectivity index (χ0) is 14.6. The highest BCUT2D eigenvalue weighted by atomic mass is 16.5. The molecule has 0 aliphatic carbocycles. The molecule has 4 nitrogen and oxygen atoms in total. The molecule has 108 valence electrons. The van der Waals surface area contributed by atoms with Gasteiger partial charge in [-0.2, -0.15) is 0 Å². The van der Waals surface area contributed by atoms with Crippen LogP contribution in [-0.2, 0) is 6.54 Å². The van der Waals surface area contributed by atoms with Gasteiger partial charge in [0.15, 0.2) is 0 Å². The lowest BCUT2D eigenvalue weighted by Crippen LogP contribution is -2.35. The molecule has 1 heterocycles. The summed E-state index contributed by atoms with van der Waals surface area (Å²) in [4.78, 5) is 8.71. The summed E-state index contributed by atoms with van der Waals surface area (Å²) < 4.78 is 5.71. The Hall–Kier alpha value is -1.16. The number of hydrogen-bond donors (Lipinski definition) is 1. The number of rotatable bonds is 5. The van der Waals surface area contributed by atoms with E-state index in [0.717, 1.165) is 17.8 Å². The maximum atomic E-state index is 5.71. The molecule has 0 saturated carbocycles. The Morgan fingerprint density at radius 3 is 2.37 bits per heavy atom. The van der Waals surface area contributed by atoms with E-state index in [1.54, 1.807) is 0 Å². The van der Waals surface area contributed by atoms with Crippen molar-refractivity contribution in [3.05, 3.63) is 17.5 Å². The van der Waals surface area contributed by atoms with E-state index in [1.165, 1.54) is 0 Å². The van der Waals surface area contributed by atoms with Gasteiger partial charge in [-0.15, -0.1) is 0 Å². The largest absolute Gasteiger partial charge is 0.460 e. The van der Waals surface area contributed by atoms with Gasteiger partial charge in [-0.3, -0.25) is 0 Å². The summed E-state index contributed by atoms with van der Waals surface area (Å²) in [5.41, 5.74) is 2.17. The van der Waals surface area contributed by atoms with E-state index < -0.39 is 0 Å². The van der Waals surface area contributed by atoms with Crippen LogP contribution in [-0.4, -0.2) is 21.6 Å². The van der Waals surface area contributed by atoms with Crippen molar-refractivity contribution in [1.82, 2.24) is 15.3 Å². The number of ether oxygens (including phenoxy) is 1. The van der Waals surface area contributed by atoms with E-state index in [9.17, 15) is 0 Å². The van der Waals surface area contributed by atoms with Crippen LogP contribution >= 0.6 is 0 Å². The molecule has 1 rings (SSSR count). The molecule has 0 amide bonds. The normalized spacial score (nSPS) is 13.7. The number of hydrogen-bond acceptors (Lipinski definition) is 4. The minimum atomic E-state index is 0.0910. The first-order valence-corrected chi connectivity index (χ1v) is 6.93. The van der Waals surface area contributed by atoms with Crippen LogP contribution in [0.3, 0.4) is 0 Å². The maximum absolute atomic E-state index is 5.71. The van der Waals surface area contributed by atoms with Crippen molar-refractivity contribution in [3.8, 4) is 6.01 Å². The Labute approximate surface area is 117 Å². The van der Waals surface area contributed by atoms with Crippen LogP contribution in [0.5, 0.6) is 6.01 Å². The van der Waals surface area contributed by atoms with Crippen LogP contribution < -0.4 is 10.1 Å². The minimum Gasteiger partial charge on any atom is -0.460 e. The first-order valence-electron chi connectivity index (χ1n) is 6.93. The average Bonchev–Trinajstić information content (AvgIpc) is 2.26. The molecule has 1 aromatic rings. The van der Waals surface area contributed by atoms with Gasteiger partial charge in [-0.05, 0) is 40.5 Å². The van der Waals surface area contributed by atoms with E-state index in [1.807, 2.05) is 20.0 Å². The fourth-order valence-corrected chi connectivity index (χ4v) is 1.36. The highest BCUT2D eigenvalue weighted by Crippen LogP contribution is 2.14. The molecule has 0 saturated heterocycles. The molecule has 0 aromatic carbocycles. The van der Waals surface area contributed by atoms with Crippen LogP contribution in [0.1, 0.15) is 52.8 Å². The van der Waals surface area contributed by atoms with E-state index in [0.29, 0.717) is 11.9 Å². The molecule has 1 aromatic heterocycles. The standard InChI is InChI=1S/C15H27N3O/c1-10(2)12(4)19-14-16-8-13(11(3)18-14)9-17-15(5,6)7/h8,10,12,17H,9H2,1-7H3. The average molecular weight is 265 g/mol. The van der Waals surface area contributed by atoms with Gasteiger partial charge < -0.3 is 10.1 Å². The summed E-state index contributed by atoms with van der Waals surface area (Å²) in [5.74, 6) is 0.450. The molecule has 0 fully saturated rings. The van der Waals surface area contributed by atoms with Gasteiger partial charge in [0, 0.05) is 29.5 Å². The second kappa shape index (κ2) is 6.33. The highest BCUT2D eigenvalue weighted by molar-refractivity contribution is 5.18. The Bertz CT molecular complexity index is 410. The Morgan fingerprint density at radius 1 is 1.26 bits per heavy atom. The van der Waals surface area contributed by atoms with Crippen LogP contribution in [0, 0.1) is 12.8 Å². The number of aryl methyl sites for hydroxylation is 1. The summed E-state index contributed by atoms with van der Waals surface area (Å²) >= 11 is 0. The van der Waals surface area contributed by atoms with Crippen molar-refractivity contribution >= 4 is 0 Å². The monoisotopic (exact) mass is 265 g/mol. The Kier molecular flexibility index (Phi) is 5.29. The third-order valence-corrected chi connectivity index (χ3v) is 3.10. The van der Waals surface area contributed by atoms with Crippen molar-refractivity contribution in [3.63, 3.8) is 0 Å². The van der Waals surface area contributed by atoms with Crippen molar-refractivity contribution in [1.29, 1.82) is 0 Å². The van der Waals surface area contributed by atoms with Gasteiger partial charge in [-0.25, -0.2) is 9.97 Å². The van der Waals surface area contributed by atoms with Gasteiger partial charge in [0.2, 0.25) is 0 Å². The van der Waals surface area contributed by atoms with E-state index in [-0.39, 0.29) is 11.6 Å². The van der Waals surface area contributed by atoms with Crippen molar-refractivity contribution < 1.29 is 4.74 Å². The predicted octanol–water partition coefficient (Wildman–Crippen LogP) is 3.10. The second-order valence-corrected chi connectivity index (χ2v) is 6.43. The first kappa shape index (κ1) is 15.9. The zero-order valence-corrected chi connectivity index (χ0v) is 13.2. The van der Waals surface area contributed by atoms with E-state index in [4.69, 9.17) is 4.74 Å². The van der Waals surface area contributed by atoms with Gasteiger partial charge in [-0.1, -0.05) is 13.8 Å². The Balaban J connectivity index is 2.69. The zero-order valence-electron chi connectivity index (χ0n) is 13.2. The molecule has 0 spiro atoms. The van der Waals surface area contributed by atoms with Crippen molar-refractivity contribution in [2.75, 3.05) is 0 Å². The molecule has 19 heavy (non-hydrogen) atoms. The van der Waals surface area contributed by atoms with Crippen LogP contribution in [0.2, 0.25) is 0 Å². The molecule has 1 unspecified atom stereocenters. The molecule has 0 aliphatic heterocycles. The lowest BCUT2D eigenvalue weighted by atomic mass is 10.1. The second-order valence-electron chi connectivity index (χ2n) is 6.43. The SMILES string of the molecule is Cc1nc(OC(C)C(C)C)ncc1CNC(C)(C)C. The third kappa shape index (κ3) is 5.55. The van der Waals surface area contributed by atoms with Crippen LogP contribution in [0.25, 0.3) is 0 Å². The molecular formula is C15H27N3O. The lowest BCUT2D eigenvalue weighted by molar-refractivity contribution is 0.155. The Morgan fingerprint density at radius 2 is 1.89 bits per heavy atom. The molecule has 0 radical (unpaired) electrons. The maximum Gasteiger partial charge on any atom is 0.316 e. The predicted molar refractivity (Wildman–Crippen MR) is 78.3 cm³/mol. The summed E-state index contributed by atoms with van der Waals surface area (Å²) in [7, 11) is 0. The topological polar surface area (TPSA) is 47.0 Å². The fourth-order valence-electron chi connectivity index (χ4n) is 1.36. The number of nitrogens with zero attached hydrogens (tertiary/aromatic N) is 2. The lowest BCUT2D eigenvalue weighted by Gasteiger charge is -2.21. The summed E-state index contributed by atoms with van der Waals surface area (Å²) in [5, 5.41) is 3.44. The molecule has 1 N–H and O–H groups in total. The summed E-state index contributed by atoms with van der Waals surface area (Å²) in [6.07, 6.45) is 1.97. The van der Waals surface area contributed by atoms with Crippen LogP contribution in [0.4, 0.5) is 0 Å². The third-order valence-electron chi connectivity index (χ3n) is 3.10. The van der Waals surface area contributed by atoms with Crippen molar-refractivity contribution in [2.45, 2.75) is 66.7 Å². The van der Waals surface area contributed by atoms with Crippen LogP contribution in [0.15, 0.2) is 6.20 Å². The molecular weight excluding hydrogens is 238 g/mol. The number of nitrogens with one attached hydrogen (secondary N) is 1. The first-order chi connectivity index (χ1) is 8.69. The molecule has 0 aliphatic rings. The molecule has 0 bridgehead atoms. The molecule has 4 heteroatoms. The van der Waals surface area contributed by atoms with Gasteiger partial charge in [0.25, 0.3) is 0 Å². The number of aromatic nitrogens is 2. The molecule has 1 atom stereocenters. The van der Waals surface area contributed by atoms with E-state index in [2.05, 4.69) is 49.9 Å². The van der Waals surface area contributed by atoms with Gasteiger partial charge in [0.1, 0.15) is 6.10 Å². The van der Waals surface area contributed by atoms with Crippen molar-refractivity contribution in [2.24, 2.45) is 5.92 Å². The fraction of sp³-hybridized carbons (Fsp3) is 0.733. The summed E-state index contributed by atoms with van der Waals surface area (Å²) in [6.45, 7) is 15.5. The van der Waals surface area contributed by atoms with Gasteiger partial charge in [0.05, 0.1) is 0 Å². The quantitative estimate of drug-likeness (QED) is 0.888. The minimum absolute atomic E-state index is 0.0910. The summed E-state index contributed by atoms with van der Waals surface area (Å²) in [6, 6.07) is 0.471. The van der Waals surface area contributed by atoms with Gasteiger partial charge >= 0.3 is 6.01 Å².